The number of aromatic nitrogens is 2. The molecule has 6 N–H and O–H groups in total. The number of anilines is 2. The van der Waals surface area contributed by atoms with Crippen molar-refractivity contribution in [1.29, 1.82) is 0 Å². The van der Waals surface area contributed by atoms with Gasteiger partial charge in [-0.15, -0.1) is 0 Å². The van der Waals surface area contributed by atoms with Crippen molar-refractivity contribution in [2.24, 2.45) is 22.4 Å². The van der Waals surface area contributed by atoms with E-state index in [0.717, 1.165) is 60.3 Å². The molecule has 2 heterocycles. The van der Waals surface area contributed by atoms with E-state index in [2.05, 4.69) is 25.2 Å². The lowest BCUT2D eigenvalue weighted by Crippen LogP contribution is -2.41. The molecule has 1 saturated heterocycles. The number of aliphatic imine (C=N–C) groups is 1. The van der Waals surface area contributed by atoms with E-state index in [9.17, 15) is 4.79 Å². The molecule has 0 bridgehead atoms. The number of rotatable bonds is 7. The Labute approximate surface area is 199 Å². The zero-order chi connectivity index (χ0) is 23.2. The first-order chi connectivity index (χ1) is 16.0. The Bertz CT molecular complexity index is 1040. The summed E-state index contributed by atoms with van der Waals surface area (Å²) in [4.78, 5) is 28.2. The molecule has 0 radical (unpaired) electrons. The molecular formula is C24H32N7OS+. The number of amides is 1. The van der Waals surface area contributed by atoms with Gasteiger partial charge in [-0.1, -0.05) is 24.2 Å². The third kappa shape index (κ3) is 6.47. The summed E-state index contributed by atoms with van der Waals surface area (Å²) in [6, 6.07) is 9.76. The molecule has 2 aliphatic rings. The topological polar surface area (TPSA) is 124 Å². The molecular weight excluding hydrogens is 434 g/mol. The number of nitrogens with two attached hydrogens (primary N) is 2. The fourth-order valence-corrected chi connectivity index (χ4v) is 4.78. The number of H-pyrrole nitrogens is 1. The second-order valence-corrected chi connectivity index (χ2v) is 9.71. The molecule has 1 amide bonds. The molecule has 1 aromatic carbocycles. The van der Waals surface area contributed by atoms with Crippen molar-refractivity contribution in [2.45, 2.75) is 55.5 Å². The predicted molar refractivity (Wildman–Crippen MR) is 133 cm³/mol. The first kappa shape index (κ1) is 23.1. The van der Waals surface area contributed by atoms with Crippen molar-refractivity contribution in [2.75, 3.05) is 23.3 Å². The summed E-state index contributed by atoms with van der Waals surface area (Å²) in [5.74, 6) is 2.09. The van der Waals surface area contributed by atoms with E-state index in [1.165, 1.54) is 24.6 Å². The monoisotopic (exact) mass is 466 g/mol. The Balaban J connectivity index is 1.47. The standard InChI is InChI=1S/C24H31N7OS/c1-16(25)14-20(26)28-21-15-22(31-12-5-13-31)30-24(29-21)33-19-10-8-18(9-11-19)27-23(32)17-6-3-2-4-7-17/h8-11,14-15,17H,2-7,12-13,25H2,1H3,(H,27,32)(H2,26,28,29,30)/p+1/b16-14-. The Morgan fingerprint density at radius 2 is 1.91 bits per heavy atom. The van der Waals surface area contributed by atoms with E-state index in [1.807, 2.05) is 30.3 Å². The largest absolute Gasteiger partial charge is 0.402 e. The SMILES string of the molecule is C/C(N)=C/C(N)=Nc1cc(N2CCC2)[nH+]c(Sc2ccc(NC(=O)C3CCCCC3)cc2)n1. The summed E-state index contributed by atoms with van der Waals surface area (Å²) in [5.41, 5.74) is 13.1. The van der Waals surface area contributed by atoms with Crippen molar-refractivity contribution in [3.8, 4) is 0 Å². The van der Waals surface area contributed by atoms with E-state index in [-0.39, 0.29) is 11.8 Å². The number of benzene rings is 1. The number of nitrogens with zero attached hydrogens (tertiary/aromatic N) is 3. The molecule has 174 valence electrons. The lowest BCUT2D eigenvalue weighted by molar-refractivity contribution is -0.420. The van der Waals surface area contributed by atoms with Crippen LogP contribution in [0.25, 0.3) is 0 Å². The number of carbonyl (C=O) groups is 1. The van der Waals surface area contributed by atoms with E-state index in [0.29, 0.717) is 17.4 Å². The second kappa shape index (κ2) is 10.7. The van der Waals surface area contributed by atoms with Crippen molar-refractivity contribution >= 4 is 40.8 Å². The smallest absolute Gasteiger partial charge is 0.303 e. The van der Waals surface area contributed by atoms with Crippen LogP contribution in [-0.2, 0) is 4.79 Å². The van der Waals surface area contributed by atoms with Crippen LogP contribution in [0.2, 0.25) is 0 Å². The van der Waals surface area contributed by atoms with E-state index in [1.54, 1.807) is 13.0 Å². The molecule has 1 aliphatic carbocycles. The molecule has 2 aromatic rings. The number of allylic oxidation sites excluding steroid dienone is 1. The number of hydrogen-bond donors (Lipinski definition) is 3. The molecule has 1 aromatic heterocycles. The highest BCUT2D eigenvalue weighted by Crippen LogP contribution is 2.29. The molecule has 1 saturated carbocycles. The maximum Gasteiger partial charge on any atom is 0.303 e. The van der Waals surface area contributed by atoms with Gasteiger partial charge in [0.05, 0.1) is 19.2 Å². The van der Waals surface area contributed by atoms with Crippen LogP contribution in [-0.4, -0.2) is 29.8 Å². The van der Waals surface area contributed by atoms with Crippen LogP contribution in [0.5, 0.6) is 0 Å². The molecule has 9 heteroatoms. The zero-order valence-electron chi connectivity index (χ0n) is 19.0. The fourth-order valence-electron chi connectivity index (χ4n) is 3.99. The molecule has 0 unspecified atom stereocenters. The zero-order valence-corrected chi connectivity index (χ0v) is 19.8. The minimum Gasteiger partial charge on any atom is -0.402 e. The Morgan fingerprint density at radius 3 is 2.55 bits per heavy atom. The van der Waals surface area contributed by atoms with Crippen LogP contribution in [0, 0.1) is 5.92 Å². The summed E-state index contributed by atoms with van der Waals surface area (Å²) >= 11 is 1.51. The van der Waals surface area contributed by atoms with Gasteiger partial charge in [-0.3, -0.25) is 9.69 Å². The van der Waals surface area contributed by atoms with Crippen molar-refractivity contribution in [1.82, 2.24) is 4.98 Å². The van der Waals surface area contributed by atoms with Gasteiger partial charge in [0.1, 0.15) is 5.84 Å². The normalized spacial score (nSPS) is 17.5. The van der Waals surface area contributed by atoms with Gasteiger partial charge in [-0.25, -0.2) is 4.98 Å². The van der Waals surface area contributed by atoms with Crippen LogP contribution in [0.1, 0.15) is 45.4 Å². The van der Waals surface area contributed by atoms with Crippen LogP contribution in [0.3, 0.4) is 0 Å². The average Bonchev–Trinajstić information content (AvgIpc) is 2.74. The van der Waals surface area contributed by atoms with Crippen LogP contribution in [0.15, 0.2) is 57.1 Å². The molecule has 33 heavy (non-hydrogen) atoms. The number of nitrogens with one attached hydrogen (secondary N) is 2. The Hall–Kier alpha value is -3.07. The maximum atomic E-state index is 12.5. The van der Waals surface area contributed by atoms with Gasteiger partial charge in [0.2, 0.25) is 17.5 Å². The lowest BCUT2D eigenvalue weighted by Gasteiger charge is -2.26. The van der Waals surface area contributed by atoms with Gasteiger partial charge in [0.25, 0.3) is 0 Å². The molecule has 4 rings (SSSR count). The number of amidine groups is 1. The summed E-state index contributed by atoms with van der Waals surface area (Å²) < 4.78 is 0. The third-order valence-electron chi connectivity index (χ3n) is 5.85. The fraction of sp³-hybridized carbons (Fsp3) is 0.417. The van der Waals surface area contributed by atoms with E-state index >= 15 is 0 Å². The number of hydrogen-bond acceptors (Lipinski definition) is 6. The maximum absolute atomic E-state index is 12.5. The van der Waals surface area contributed by atoms with E-state index < -0.39 is 0 Å². The summed E-state index contributed by atoms with van der Waals surface area (Å²) in [5, 5.41) is 3.78. The molecule has 0 atom stereocenters. The van der Waals surface area contributed by atoms with Gasteiger partial charge >= 0.3 is 5.16 Å². The van der Waals surface area contributed by atoms with Crippen LogP contribution in [0.4, 0.5) is 17.3 Å². The highest BCUT2D eigenvalue weighted by molar-refractivity contribution is 7.99. The minimum absolute atomic E-state index is 0.134. The first-order valence-electron chi connectivity index (χ1n) is 11.5. The minimum atomic E-state index is 0.134. The van der Waals surface area contributed by atoms with Crippen molar-refractivity contribution in [3.63, 3.8) is 0 Å². The van der Waals surface area contributed by atoms with Gasteiger partial charge in [0, 0.05) is 28.6 Å². The predicted octanol–water partition coefficient (Wildman–Crippen LogP) is 3.63. The Morgan fingerprint density at radius 1 is 1.18 bits per heavy atom. The van der Waals surface area contributed by atoms with Crippen molar-refractivity contribution in [3.05, 3.63) is 42.1 Å². The average molecular weight is 467 g/mol. The van der Waals surface area contributed by atoms with Gasteiger partial charge in [-0.2, -0.15) is 4.99 Å². The highest BCUT2D eigenvalue weighted by atomic mass is 32.2. The molecule has 0 spiro atoms. The number of aromatic amines is 1. The quantitative estimate of drug-likeness (QED) is 0.325. The highest BCUT2D eigenvalue weighted by Gasteiger charge is 2.24. The summed E-state index contributed by atoms with van der Waals surface area (Å²) in [6.45, 7) is 3.77. The van der Waals surface area contributed by atoms with Gasteiger partial charge in [-0.05, 0) is 61.9 Å². The van der Waals surface area contributed by atoms with E-state index in [4.69, 9.17) is 11.5 Å². The molecule has 2 fully saturated rings. The molecule has 8 nitrogen and oxygen atoms in total. The summed E-state index contributed by atoms with van der Waals surface area (Å²) in [7, 11) is 0. The third-order valence-corrected chi connectivity index (χ3v) is 6.74. The molecule has 1 aliphatic heterocycles. The Kier molecular flexibility index (Phi) is 7.49. The second-order valence-electron chi connectivity index (χ2n) is 8.65. The van der Waals surface area contributed by atoms with Gasteiger partial charge in [0.15, 0.2) is 0 Å². The summed E-state index contributed by atoms with van der Waals surface area (Å²) in [6.07, 6.45) is 8.30. The van der Waals surface area contributed by atoms with Crippen molar-refractivity contribution < 1.29 is 9.78 Å². The van der Waals surface area contributed by atoms with Crippen LogP contribution >= 0.6 is 11.8 Å². The first-order valence-corrected chi connectivity index (χ1v) is 12.3. The lowest BCUT2D eigenvalue weighted by atomic mass is 9.88. The van der Waals surface area contributed by atoms with Gasteiger partial charge < -0.3 is 16.8 Å². The number of carbonyl (C=O) groups excluding carboxylic acids is 1. The van der Waals surface area contributed by atoms with Crippen LogP contribution < -0.4 is 26.7 Å².